The van der Waals surface area contributed by atoms with E-state index in [2.05, 4.69) is 26.6 Å². The summed E-state index contributed by atoms with van der Waals surface area (Å²) in [7, 11) is -2.38. The number of para-hydroxylation sites is 1. The molecule has 0 radical (unpaired) electrons. The molecule has 0 spiro atoms. The van der Waals surface area contributed by atoms with Crippen LogP contribution in [0.25, 0.3) is 0 Å². The van der Waals surface area contributed by atoms with Gasteiger partial charge in [0.15, 0.2) is 0 Å². The number of anilines is 3. The minimum Gasteiger partial charge on any atom is -0.497 e. The summed E-state index contributed by atoms with van der Waals surface area (Å²) in [5.74, 6) is 0.0877. The number of hydrogen-bond acceptors (Lipinski definition) is 7. The lowest BCUT2D eigenvalue weighted by atomic mass is 10.1. The fraction of sp³-hybridized carbons (Fsp3) is 0.0714. The van der Waals surface area contributed by atoms with Gasteiger partial charge in [0.25, 0.3) is 15.9 Å². The van der Waals surface area contributed by atoms with Crippen LogP contribution in [0.4, 0.5) is 17.1 Å². The summed E-state index contributed by atoms with van der Waals surface area (Å²) in [4.78, 5) is 15.0. The van der Waals surface area contributed by atoms with Crippen molar-refractivity contribution in [2.45, 2.75) is 21.6 Å². The van der Waals surface area contributed by atoms with E-state index in [-0.39, 0.29) is 10.5 Å². The normalized spacial score (nSPS) is 12.5. The van der Waals surface area contributed by atoms with Crippen LogP contribution < -0.4 is 20.2 Å². The Hall–Kier alpha value is -4.28. The van der Waals surface area contributed by atoms with E-state index in [1.54, 1.807) is 43.0 Å². The zero-order valence-electron chi connectivity index (χ0n) is 20.6. The Labute approximate surface area is 225 Å². The molecular formula is C28H24N4O4S2. The van der Waals surface area contributed by atoms with E-state index in [0.29, 0.717) is 17.1 Å². The highest BCUT2D eigenvalue weighted by molar-refractivity contribution is 7.99. The van der Waals surface area contributed by atoms with Gasteiger partial charge in [-0.25, -0.2) is 13.8 Å². The number of carbonyl (C=O) groups is 1. The molecule has 0 atom stereocenters. The molecule has 4 aromatic rings. The second kappa shape index (κ2) is 10.6. The van der Waals surface area contributed by atoms with Crippen LogP contribution in [0.5, 0.6) is 5.75 Å². The van der Waals surface area contributed by atoms with Crippen molar-refractivity contribution >= 4 is 50.5 Å². The van der Waals surface area contributed by atoms with E-state index >= 15 is 0 Å². The highest BCUT2D eigenvalue weighted by Crippen LogP contribution is 2.44. The molecule has 192 valence electrons. The van der Waals surface area contributed by atoms with Crippen molar-refractivity contribution in [3.63, 3.8) is 0 Å². The van der Waals surface area contributed by atoms with Gasteiger partial charge in [-0.05, 0) is 79.2 Å². The number of hydrazone groups is 1. The van der Waals surface area contributed by atoms with E-state index < -0.39 is 15.9 Å². The van der Waals surface area contributed by atoms with Crippen molar-refractivity contribution < 1.29 is 17.9 Å². The van der Waals surface area contributed by atoms with Gasteiger partial charge in [-0.15, -0.1) is 0 Å². The van der Waals surface area contributed by atoms with Crippen molar-refractivity contribution in [1.29, 1.82) is 0 Å². The van der Waals surface area contributed by atoms with Crippen molar-refractivity contribution in [2.75, 3.05) is 17.1 Å². The molecule has 1 amide bonds. The number of nitrogens with one attached hydrogen (secondary N) is 3. The van der Waals surface area contributed by atoms with E-state index in [0.717, 1.165) is 26.7 Å². The molecule has 10 heteroatoms. The number of sulfonamides is 1. The summed E-state index contributed by atoms with van der Waals surface area (Å²) >= 11 is 1.69. The van der Waals surface area contributed by atoms with Gasteiger partial charge < -0.3 is 10.1 Å². The smallest absolute Gasteiger partial charge is 0.271 e. The highest BCUT2D eigenvalue weighted by atomic mass is 32.2. The molecular weight excluding hydrogens is 520 g/mol. The van der Waals surface area contributed by atoms with Gasteiger partial charge >= 0.3 is 0 Å². The largest absolute Gasteiger partial charge is 0.497 e. The summed E-state index contributed by atoms with van der Waals surface area (Å²) in [6.07, 6.45) is 0. The summed E-state index contributed by atoms with van der Waals surface area (Å²) in [5.41, 5.74) is 6.53. The number of amides is 1. The molecule has 8 nitrogen and oxygen atoms in total. The topological polar surface area (TPSA) is 109 Å². The number of hydrogen-bond donors (Lipinski definition) is 3. The maximum atomic E-state index is 12.9. The van der Waals surface area contributed by atoms with E-state index in [1.165, 1.54) is 31.4 Å². The Morgan fingerprint density at radius 1 is 0.868 bits per heavy atom. The third kappa shape index (κ3) is 5.51. The molecule has 0 saturated carbocycles. The third-order valence-electron chi connectivity index (χ3n) is 5.85. The minimum atomic E-state index is -3.91. The maximum Gasteiger partial charge on any atom is 0.271 e. The van der Waals surface area contributed by atoms with Crippen molar-refractivity contribution in [1.82, 2.24) is 5.43 Å². The Kier molecular flexibility index (Phi) is 7.08. The van der Waals surface area contributed by atoms with Gasteiger partial charge in [-0.1, -0.05) is 36.0 Å². The lowest BCUT2D eigenvalue weighted by molar-refractivity contribution is 0.0954. The van der Waals surface area contributed by atoms with E-state index in [1.807, 2.05) is 36.4 Å². The summed E-state index contributed by atoms with van der Waals surface area (Å²) in [5, 5.41) is 7.68. The van der Waals surface area contributed by atoms with E-state index in [9.17, 15) is 13.2 Å². The molecule has 0 saturated heterocycles. The molecule has 4 aromatic carbocycles. The molecule has 5 rings (SSSR count). The van der Waals surface area contributed by atoms with Crippen LogP contribution in [-0.2, 0) is 10.0 Å². The summed E-state index contributed by atoms with van der Waals surface area (Å²) in [6, 6.07) is 26.3. The fourth-order valence-electron chi connectivity index (χ4n) is 3.81. The molecule has 0 fully saturated rings. The Morgan fingerprint density at radius 3 is 2.42 bits per heavy atom. The monoisotopic (exact) mass is 544 g/mol. The van der Waals surface area contributed by atoms with Gasteiger partial charge in [0.1, 0.15) is 5.75 Å². The Morgan fingerprint density at radius 2 is 1.63 bits per heavy atom. The van der Waals surface area contributed by atoms with Crippen LogP contribution in [-0.4, -0.2) is 27.1 Å². The van der Waals surface area contributed by atoms with Gasteiger partial charge in [0.05, 0.1) is 29.1 Å². The molecule has 0 bridgehead atoms. The number of ether oxygens (including phenoxy) is 1. The first-order valence-corrected chi connectivity index (χ1v) is 13.9. The van der Waals surface area contributed by atoms with Crippen LogP contribution in [0.15, 0.2) is 111 Å². The average Bonchev–Trinajstić information content (AvgIpc) is 2.94. The van der Waals surface area contributed by atoms with Crippen molar-refractivity contribution in [3.8, 4) is 5.75 Å². The molecule has 1 heterocycles. The number of carbonyl (C=O) groups excluding carboxylic acids is 1. The summed E-state index contributed by atoms with van der Waals surface area (Å²) in [6.45, 7) is 1.80. The van der Waals surface area contributed by atoms with Crippen molar-refractivity contribution in [3.05, 3.63) is 102 Å². The van der Waals surface area contributed by atoms with Crippen LogP contribution in [0, 0.1) is 0 Å². The minimum absolute atomic E-state index is 0.0415. The fourth-order valence-corrected chi connectivity index (χ4v) is 5.88. The molecule has 38 heavy (non-hydrogen) atoms. The number of nitrogens with zero attached hydrogens (tertiary/aromatic N) is 1. The van der Waals surface area contributed by atoms with Crippen molar-refractivity contribution in [2.24, 2.45) is 5.10 Å². The van der Waals surface area contributed by atoms with Crippen LogP contribution in [0.1, 0.15) is 22.8 Å². The maximum absolute atomic E-state index is 12.9. The van der Waals surface area contributed by atoms with Crippen LogP contribution >= 0.6 is 11.8 Å². The second-order valence-corrected chi connectivity index (χ2v) is 11.2. The molecule has 3 N–H and O–H groups in total. The predicted octanol–water partition coefficient (Wildman–Crippen LogP) is 5.86. The SMILES string of the molecule is COc1ccc(NS(=O)(=O)c2cccc(C(=O)N/N=C(\C)c3ccc4c(c3)Nc3ccccc3S4)c2)cc1. The average molecular weight is 545 g/mol. The standard InChI is InChI=1S/C28H24N4O4S2/c1-18(19-10-15-27-25(17-19)29-24-8-3-4-9-26(24)37-27)30-31-28(33)20-6-5-7-23(16-20)38(34,35)32-21-11-13-22(36-2)14-12-21/h3-17,29,32H,1-2H3,(H,31,33)/b30-18+. The molecule has 0 aromatic heterocycles. The number of fused-ring (bicyclic) bond motifs is 2. The number of benzene rings is 4. The first-order chi connectivity index (χ1) is 18.3. The molecule has 1 aliphatic heterocycles. The molecule has 0 unspecified atom stereocenters. The summed E-state index contributed by atoms with van der Waals surface area (Å²) < 4.78 is 33.3. The molecule has 0 aliphatic carbocycles. The van der Waals surface area contributed by atoms with Gasteiger partial charge in [-0.3, -0.25) is 9.52 Å². The zero-order valence-corrected chi connectivity index (χ0v) is 22.2. The quantitative estimate of drug-likeness (QED) is 0.175. The van der Waals surface area contributed by atoms with Crippen LogP contribution in [0.2, 0.25) is 0 Å². The highest BCUT2D eigenvalue weighted by Gasteiger charge is 2.18. The number of rotatable bonds is 7. The van der Waals surface area contributed by atoms with Gasteiger partial charge in [0.2, 0.25) is 0 Å². The van der Waals surface area contributed by atoms with Crippen LogP contribution in [0.3, 0.4) is 0 Å². The zero-order chi connectivity index (χ0) is 26.7. The first-order valence-electron chi connectivity index (χ1n) is 11.6. The Bertz CT molecular complexity index is 1650. The third-order valence-corrected chi connectivity index (χ3v) is 8.38. The lowest BCUT2D eigenvalue weighted by Crippen LogP contribution is -2.20. The van der Waals surface area contributed by atoms with Gasteiger partial charge in [-0.2, -0.15) is 5.10 Å². The second-order valence-electron chi connectivity index (χ2n) is 8.43. The molecule has 1 aliphatic rings. The predicted molar refractivity (Wildman–Crippen MR) is 150 cm³/mol. The van der Waals surface area contributed by atoms with E-state index in [4.69, 9.17) is 4.74 Å². The van der Waals surface area contributed by atoms with Gasteiger partial charge in [0, 0.05) is 21.0 Å². The lowest BCUT2D eigenvalue weighted by Gasteiger charge is -2.21. The Balaban J connectivity index is 1.28. The first kappa shape index (κ1) is 25.4. The number of methoxy groups -OCH3 is 1.